The topological polar surface area (TPSA) is 54.8 Å². The average Bonchev–Trinajstić information content (AvgIpc) is 3.06. The molecule has 2 aliphatic heterocycles. The normalized spacial score (nSPS) is 19.1. The van der Waals surface area contributed by atoms with Crippen LogP contribution in [0, 0.1) is 0 Å². The summed E-state index contributed by atoms with van der Waals surface area (Å²) in [6.45, 7) is 5.60. The van der Waals surface area contributed by atoms with Crippen molar-refractivity contribution in [2.75, 3.05) is 33.3 Å². The van der Waals surface area contributed by atoms with Crippen LogP contribution in [0.1, 0.15) is 49.9 Å². The number of para-hydroxylation sites is 1. The fraction of sp³-hybridized carbons (Fsp3) is 0.545. The third-order valence-electron chi connectivity index (χ3n) is 6.12. The third-order valence-corrected chi connectivity index (χ3v) is 6.12. The molecule has 1 unspecified atom stereocenters. The van der Waals surface area contributed by atoms with Crippen LogP contribution in [0.4, 0.5) is 4.79 Å². The number of benzene rings is 1. The quantitative estimate of drug-likeness (QED) is 0.686. The maximum atomic E-state index is 13.3. The molecule has 0 saturated carbocycles. The van der Waals surface area contributed by atoms with Crippen molar-refractivity contribution < 1.29 is 14.3 Å². The molecule has 0 spiro atoms. The van der Waals surface area contributed by atoms with Gasteiger partial charge in [-0.3, -0.25) is 14.3 Å². The number of fused-ring (bicyclic) bond motifs is 3. The van der Waals surface area contributed by atoms with Gasteiger partial charge in [0.1, 0.15) is 0 Å². The van der Waals surface area contributed by atoms with Gasteiger partial charge in [0.2, 0.25) is 0 Å². The standard InChI is InChI=1S/C22H29N3O3/c1-3-4-12-23-14-11-17-16-8-5-6-9-18(16)25-21(17)19(23)15-24(22(25)27)13-7-10-20(26)28-2/h5-6,8-9,19H,3-4,7,10-15H2,1-2H3. The Morgan fingerprint density at radius 3 is 2.82 bits per heavy atom. The summed E-state index contributed by atoms with van der Waals surface area (Å²) in [5.41, 5.74) is 3.55. The highest BCUT2D eigenvalue weighted by Crippen LogP contribution is 2.40. The van der Waals surface area contributed by atoms with E-state index in [4.69, 9.17) is 4.74 Å². The summed E-state index contributed by atoms with van der Waals surface area (Å²) in [5, 5.41) is 1.21. The van der Waals surface area contributed by atoms with Crippen LogP contribution in [-0.2, 0) is 16.0 Å². The highest BCUT2D eigenvalue weighted by molar-refractivity contribution is 5.96. The number of aromatic nitrogens is 1. The van der Waals surface area contributed by atoms with Crippen molar-refractivity contribution in [1.29, 1.82) is 0 Å². The lowest BCUT2D eigenvalue weighted by Gasteiger charge is -2.43. The predicted octanol–water partition coefficient (Wildman–Crippen LogP) is 3.58. The minimum atomic E-state index is -0.221. The van der Waals surface area contributed by atoms with Gasteiger partial charge in [0.15, 0.2) is 0 Å². The van der Waals surface area contributed by atoms with Gasteiger partial charge in [0.25, 0.3) is 0 Å². The van der Waals surface area contributed by atoms with Gasteiger partial charge in [-0.2, -0.15) is 0 Å². The SMILES string of the molecule is CCCCN1CCc2c3n(c4ccccc24)C(=O)N(CCCC(=O)OC)CC31. The van der Waals surface area contributed by atoms with Gasteiger partial charge in [-0.25, -0.2) is 4.79 Å². The Morgan fingerprint density at radius 1 is 1.21 bits per heavy atom. The van der Waals surface area contributed by atoms with Crippen LogP contribution >= 0.6 is 0 Å². The number of hydrogen-bond donors (Lipinski definition) is 0. The van der Waals surface area contributed by atoms with E-state index in [1.54, 1.807) is 0 Å². The average molecular weight is 383 g/mol. The summed E-state index contributed by atoms with van der Waals surface area (Å²) < 4.78 is 6.68. The molecule has 0 fully saturated rings. The van der Waals surface area contributed by atoms with E-state index < -0.39 is 0 Å². The number of amides is 1. The molecular weight excluding hydrogens is 354 g/mol. The van der Waals surface area contributed by atoms with Gasteiger partial charge in [-0.05, 0) is 37.4 Å². The highest BCUT2D eigenvalue weighted by atomic mass is 16.5. The minimum Gasteiger partial charge on any atom is -0.469 e. The first-order valence-corrected chi connectivity index (χ1v) is 10.4. The molecule has 0 bridgehead atoms. The van der Waals surface area contributed by atoms with Crippen LogP contribution in [0.15, 0.2) is 24.3 Å². The Bertz CT molecular complexity index is 889. The van der Waals surface area contributed by atoms with E-state index in [0.29, 0.717) is 25.9 Å². The van der Waals surface area contributed by atoms with Gasteiger partial charge in [-0.1, -0.05) is 31.5 Å². The maximum Gasteiger partial charge on any atom is 0.328 e. The van der Waals surface area contributed by atoms with E-state index in [1.165, 1.54) is 36.6 Å². The molecule has 150 valence electrons. The Hall–Kier alpha value is -2.34. The molecule has 1 aromatic carbocycles. The molecule has 0 radical (unpaired) electrons. The van der Waals surface area contributed by atoms with Crippen LogP contribution in [0.5, 0.6) is 0 Å². The van der Waals surface area contributed by atoms with Crippen LogP contribution < -0.4 is 0 Å². The molecular formula is C22H29N3O3. The molecule has 0 aliphatic carbocycles. The smallest absolute Gasteiger partial charge is 0.328 e. The van der Waals surface area contributed by atoms with Crippen LogP contribution in [-0.4, -0.2) is 59.7 Å². The first-order valence-electron chi connectivity index (χ1n) is 10.4. The van der Waals surface area contributed by atoms with E-state index in [0.717, 1.165) is 25.0 Å². The largest absolute Gasteiger partial charge is 0.469 e. The van der Waals surface area contributed by atoms with E-state index in [9.17, 15) is 9.59 Å². The molecule has 6 nitrogen and oxygen atoms in total. The summed E-state index contributed by atoms with van der Waals surface area (Å²) in [5.74, 6) is -0.221. The first-order chi connectivity index (χ1) is 13.7. The van der Waals surface area contributed by atoms with Crippen molar-refractivity contribution in [3.63, 3.8) is 0 Å². The first kappa shape index (κ1) is 19.0. The molecule has 2 aliphatic rings. The fourth-order valence-corrected chi connectivity index (χ4v) is 4.69. The van der Waals surface area contributed by atoms with Crippen LogP contribution in [0.2, 0.25) is 0 Å². The van der Waals surface area contributed by atoms with E-state index in [1.807, 2.05) is 15.5 Å². The van der Waals surface area contributed by atoms with E-state index >= 15 is 0 Å². The maximum absolute atomic E-state index is 13.3. The number of rotatable bonds is 7. The molecule has 28 heavy (non-hydrogen) atoms. The van der Waals surface area contributed by atoms with E-state index in [2.05, 4.69) is 30.0 Å². The van der Waals surface area contributed by atoms with Crippen LogP contribution in [0.3, 0.4) is 0 Å². The number of ether oxygens (including phenoxy) is 1. The second-order valence-electron chi connectivity index (χ2n) is 7.78. The fourth-order valence-electron chi connectivity index (χ4n) is 4.69. The summed E-state index contributed by atoms with van der Waals surface area (Å²) in [7, 11) is 1.40. The molecule has 6 heteroatoms. The van der Waals surface area contributed by atoms with Gasteiger partial charge in [0, 0.05) is 31.4 Å². The minimum absolute atomic E-state index is 0.0379. The number of carbonyl (C=O) groups is 2. The second kappa shape index (κ2) is 7.95. The Morgan fingerprint density at radius 2 is 2.04 bits per heavy atom. The van der Waals surface area contributed by atoms with Crippen molar-refractivity contribution in [3.8, 4) is 0 Å². The second-order valence-corrected chi connectivity index (χ2v) is 7.78. The summed E-state index contributed by atoms with van der Waals surface area (Å²) in [6.07, 6.45) is 4.30. The zero-order valence-electron chi connectivity index (χ0n) is 16.8. The summed E-state index contributed by atoms with van der Waals surface area (Å²) in [6, 6.07) is 8.53. The van der Waals surface area contributed by atoms with Crippen molar-refractivity contribution in [2.45, 2.75) is 45.1 Å². The summed E-state index contributed by atoms with van der Waals surface area (Å²) in [4.78, 5) is 29.3. The Labute approximate surface area is 166 Å². The lowest BCUT2D eigenvalue weighted by molar-refractivity contribution is -0.140. The molecule has 3 heterocycles. The molecule has 2 aromatic rings. The van der Waals surface area contributed by atoms with Gasteiger partial charge < -0.3 is 9.64 Å². The number of hydrogen-bond acceptors (Lipinski definition) is 4. The molecule has 1 aromatic heterocycles. The number of unbranched alkanes of at least 4 members (excludes halogenated alkanes) is 1. The van der Waals surface area contributed by atoms with E-state index in [-0.39, 0.29) is 18.0 Å². The lowest BCUT2D eigenvalue weighted by atomic mass is 9.95. The molecule has 1 atom stereocenters. The third kappa shape index (κ3) is 3.20. The number of nitrogens with zero attached hydrogens (tertiary/aromatic N) is 3. The Kier molecular flexibility index (Phi) is 5.40. The molecule has 4 rings (SSSR count). The van der Waals surface area contributed by atoms with Crippen molar-refractivity contribution in [3.05, 3.63) is 35.5 Å². The van der Waals surface area contributed by atoms with Gasteiger partial charge in [-0.15, -0.1) is 0 Å². The predicted molar refractivity (Wildman–Crippen MR) is 108 cm³/mol. The molecule has 1 amide bonds. The number of esters is 1. The molecule has 0 N–H and O–H groups in total. The van der Waals surface area contributed by atoms with Crippen molar-refractivity contribution in [2.24, 2.45) is 0 Å². The van der Waals surface area contributed by atoms with Crippen molar-refractivity contribution in [1.82, 2.24) is 14.4 Å². The zero-order valence-corrected chi connectivity index (χ0v) is 16.8. The molecule has 0 saturated heterocycles. The van der Waals surface area contributed by atoms with Crippen LogP contribution in [0.25, 0.3) is 10.9 Å². The highest BCUT2D eigenvalue weighted by Gasteiger charge is 2.40. The lowest BCUT2D eigenvalue weighted by Crippen LogP contribution is -2.51. The zero-order chi connectivity index (χ0) is 19.7. The monoisotopic (exact) mass is 383 g/mol. The van der Waals surface area contributed by atoms with Crippen molar-refractivity contribution >= 4 is 22.9 Å². The number of methoxy groups -OCH3 is 1. The Balaban J connectivity index is 1.69. The van der Waals surface area contributed by atoms with Gasteiger partial charge >= 0.3 is 12.0 Å². The number of carbonyl (C=O) groups excluding carboxylic acids is 2. The summed E-state index contributed by atoms with van der Waals surface area (Å²) >= 11 is 0. The van der Waals surface area contributed by atoms with Gasteiger partial charge in [0.05, 0.1) is 24.4 Å².